The standard InChI is InChI=1S/C15H19NO/c1-2-5-14(17)9-8-12-10-13-6-3-4-7-15(13)16-11-12/h3-4,6-7,10-11,14,17H,2,5,8-9H2,1H3. The van der Waals surface area contributed by atoms with E-state index in [1.807, 2.05) is 24.4 Å². The quantitative estimate of drug-likeness (QED) is 0.853. The van der Waals surface area contributed by atoms with Crippen LogP contribution in [0.5, 0.6) is 0 Å². The van der Waals surface area contributed by atoms with Crippen molar-refractivity contribution in [3.63, 3.8) is 0 Å². The molecule has 90 valence electrons. The summed E-state index contributed by atoms with van der Waals surface area (Å²) >= 11 is 0. The minimum absolute atomic E-state index is 0.175. The number of aliphatic hydroxyl groups is 1. The van der Waals surface area contributed by atoms with Crippen molar-refractivity contribution < 1.29 is 5.11 Å². The lowest BCUT2D eigenvalue weighted by Gasteiger charge is -2.09. The first-order valence-corrected chi connectivity index (χ1v) is 6.31. The van der Waals surface area contributed by atoms with E-state index in [1.54, 1.807) is 0 Å². The van der Waals surface area contributed by atoms with Crippen LogP contribution >= 0.6 is 0 Å². The maximum absolute atomic E-state index is 9.70. The van der Waals surface area contributed by atoms with E-state index >= 15 is 0 Å². The summed E-state index contributed by atoms with van der Waals surface area (Å²) in [4.78, 5) is 4.42. The molecule has 1 aromatic heterocycles. The predicted molar refractivity (Wildman–Crippen MR) is 71.0 cm³/mol. The lowest BCUT2D eigenvalue weighted by Crippen LogP contribution is -2.07. The van der Waals surface area contributed by atoms with Gasteiger partial charge in [0.15, 0.2) is 0 Å². The number of hydrogen-bond donors (Lipinski definition) is 1. The highest BCUT2D eigenvalue weighted by atomic mass is 16.3. The third kappa shape index (κ3) is 3.27. The van der Waals surface area contributed by atoms with Crippen LogP contribution in [0.15, 0.2) is 36.5 Å². The Kier molecular flexibility index (Phi) is 4.10. The molecular weight excluding hydrogens is 210 g/mol. The summed E-state index contributed by atoms with van der Waals surface area (Å²) in [6, 6.07) is 10.3. The smallest absolute Gasteiger partial charge is 0.0702 e. The molecule has 2 heteroatoms. The fraction of sp³-hybridized carbons (Fsp3) is 0.400. The Hall–Kier alpha value is -1.41. The molecule has 1 N–H and O–H groups in total. The zero-order valence-electron chi connectivity index (χ0n) is 10.3. The molecule has 0 saturated heterocycles. The number of aromatic nitrogens is 1. The molecule has 0 spiro atoms. The molecule has 0 bridgehead atoms. The summed E-state index contributed by atoms with van der Waals surface area (Å²) in [7, 11) is 0. The third-order valence-corrected chi connectivity index (χ3v) is 3.04. The molecule has 2 nitrogen and oxygen atoms in total. The largest absolute Gasteiger partial charge is 0.393 e. The maximum atomic E-state index is 9.70. The molecule has 0 aliphatic heterocycles. The van der Waals surface area contributed by atoms with Gasteiger partial charge in [0.2, 0.25) is 0 Å². The number of fused-ring (bicyclic) bond motifs is 1. The van der Waals surface area contributed by atoms with Gasteiger partial charge in [0, 0.05) is 11.6 Å². The van der Waals surface area contributed by atoms with E-state index in [0.29, 0.717) is 0 Å². The number of rotatable bonds is 5. The fourth-order valence-corrected chi connectivity index (χ4v) is 2.06. The zero-order chi connectivity index (χ0) is 12.1. The molecular formula is C15H19NO. The molecule has 0 radical (unpaired) electrons. The zero-order valence-corrected chi connectivity index (χ0v) is 10.3. The van der Waals surface area contributed by atoms with Gasteiger partial charge < -0.3 is 5.11 Å². The van der Waals surface area contributed by atoms with Crippen LogP contribution < -0.4 is 0 Å². The van der Waals surface area contributed by atoms with Crippen LogP contribution in [0.4, 0.5) is 0 Å². The molecule has 0 aliphatic rings. The van der Waals surface area contributed by atoms with Crippen molar-refractivity contribution in [2.75, 3.05) is 0 Å². The second-order valence-electron chi connectivity index (χ2n) is 4.52. The van der Waals surface area contributed by atoms with E-state index in [9.17, 15) is 5.11 Å². The highest BCUT2D eigenvalue weighted by Crippen LogP contribution is 2.15. The third-order valence-electron chi connectivity index (χ3n) is 3.04. The number of pyridine rings is 1. The van der Waals surface area contributed by atoms with Crippen molar-refractivity contribution in [3.8, 4) is 0 Å². The molecule has 2 aromatic rings. The monoisotopic (exact) mass is 229 g/mol. The van der Waals surface area contributed by atoms with E-state index in [4.69, 9.17) is 0 Å². The highest BCUT2D eigenvalue weighted by Gasteiger charge is 2.04. The molecule has 2 rings (SSSR count). The second kappa shape index (κ2) is 5.78. The van der Waals surface area contributed by atoms with Crippen molar-refractivity contribution >= 4 is 10.9 Å². The summed E-state index contributed by atoms with van der Waals surface area (Å²) in [5, 5.41) is 10.9. The summed E-state index contributed by atoms with van der Waals surface area (Å²) in [5.74, 6) is 0. The van der Waals surface area contributed by atoms with Gasteiger partial charge in [-0.1, -0.05) is 31.5 Å². The van der Waals surface area contributed by atoms with Crippen molar-refractivity contribution in [1.82, 2.24) is 4.98 Å². The summed E-state index contributed by atoms with van der Waals surface area (Å²) < 4.78 is 0. The van der Waals surface area contributed by atoms with Crippen LogP contribution in [0, 0.1) is 0 Å². The molecule has 0 fully saturated rings. The normalized spacial score (nSPS) is 12.8. The first-order valence-electron chi connectivity index (χ1n) is 6.31. The molecule has 0 aliphatic carbocycles. The Bertz CT molecular complexity index is 481. The molecule has 0 amide bonds. The van der Waals surface area contributed by atoms with Gasteiger partial charge in [0.25, 0.3) is 0 Å². The first-order chi connectivity index (χ1) is 8.29. The van der Waals surface area contributed by atoms with Crippen LogP contribution in [0.3, 0.4) is 0 Å². The van der Waals surface area contributed by atoms with Gasteiger partial charge in [0.1, 0.15) is 0 Å². The van der Waals surface area contributed by atoms with Crippen molar-refractivity contribution in [1.29, 1.82) is 0 Å². The van der Waals surface area contributed by atoms with Gasteiger partial charge in [-0.25, -0.2) is 0 Å². The minimum atomic E-state index is -0.175. The van der Waals surface area contributed by atoms with Crippen LogP contribution in [0.25, 0.3) is 10.9 Å². The molecule has 1 aromatic carbocycles. The fourth-order valence-electron chi connectivity index (χ4n) is 2.06. The number of benzene rings is 1. The number of para-hydroxylation sites is 1. The Morgan fingerprint density at radius 1 is 1.24 bits per heavy atom. The van der Waals surface area contributed by atoms with Crippen LogP contribution in [-0.2, 0) is 6.42 Å². The lowest BCUT2D eigenvalue weighted by atomic mass is 10.0. The molecule has 1 atom stereocenters. The van der Waals surface area contributed by atoms with Crippen molar-refractivity contribution in [2.45, 2.75) is 38.7 Å². The Morgan fingerprint density at radius 3 is 2.88 bits per heavy atom. The number of aliphatic hydroxyl groups excluding tert-OH is 1. The SMILES string of the molecule is CCCC(O)CCc1cnc2ccccc2c1. The van der Waals surface area contributed by atoms with Crippen molar-refractivity contribution in [3.05, 3.63) is 42.1 Å². The average Bonchev–Trinajstić information content (AvgIpc) is 2.36. The van der Waals surface area contributed by atoms with Gasteiger partial charge in [-0.2, -0.15) is 0 Å². The number of nitrogens with zero attached hydrogens (tertiary/aromatic N) is 1. The number of hydrogen-bond acceptors (Lipinski definition) is 2. The van der Waals surface area contributed by atoms with Gasteiger partial charge in [-0.15, -0.1) is 0 Å². The maximum Gasteiger partial charge on any atom is 0.0702 e. The molecule has 17 heavy (non-hydrogen) atoms. The molecule has 0 saturated carbocycles. The highest BCUT2D eigenvalue weighted by molar-refractivity contribution is 5.78. The summed E-state index contributed by atoms with van der Waals surface area (Å²) in [5.41, 5.74) is 2.24. The predicted octanol–water partition coefficient (Wildman–Crippen LogP) is 3.33. The lowest BCUT2D eigenvalue weighted by molar-refractivity contribution is 0.154. The van der Waals surface area contributed by atoms with E-state index < -0.39 is 0 Å². The Balaban J connectivity index is 2.04. The van der Waals surface area contributed by atoms with E-state index in [1.165, 1.54) is 10.9 Å². The van der Waals surface area contributed by atoms with Gasteiger partial charge in [-0.3, -0.25) is 4.98 Å². The topological polar surface area (TPSA) is 33.1 Å². The van der Waals surface area contributed by atoms with Gasteiger partial charge in [0.05, 0.1) is 11.6 Å². The van der Waals surface area contributed by atoms with Crippen LogP contribution in [0.2, 0.25) is 0 Å². The Morgan fingerprint density at radius 2 is 2.06 bits per heavy atom. The summed E-state index contributed by atoms with van der Waals surface area (Å²) in [6.45, 7) is 2.10. The van der Waals surface area contributed by atoms with E-state index in [-0.39, 0.29) is 6.10 Å². The summed E-state index contributed by atoms with van der Waals surface area (Å²) in [6.07, 6.45) is 5.40. The van der Waals surface area contributed by atoms with E-state index in [2.05, 4.69) is 24.0 Å². The Labute approximate surface area is 102 Å². The van der Waals surface area contributed by atoms with Crippen LogP contribution in [-0.4, -0.2) is 16.2 Å². The molecule has 1 unspecified atom stereocenters. The van der Waals surface area contributed by atoms with Crippen LogP contribution in [0.1, 0.15) is 31.7 Å². The minimum Gasteiger partial charge on any atom is -0.393 e. The van der Waals surface area contributed by atoms with E-state index in [0.717, 1.165) is 31.2 Å². The molecule has 1 heterocycles. The number of aryl methyl sites for hydroxylation is 1. The average molecular weight is 229 g/mol. The second-order valence-corrected chi connectivity index (χ2v) is 4.52. The van der Waals surface area contributed by atoms with Gasteiger partial charge in [-0.05, 0) is 37.0 Å². The van der Waals surface area contributed by atoms with Gasteiger partial charge >= 0.3 is 0 Å². The first kappa shape index (κ1) is 12.1. The van der Waals surface area contributed by atoms with Crippen molar-refractivity contribution in [2.24, 2.45) is 0 Å².